The summed E-state index contributed by atoms with van der Waals surface area (Å²) in [6, 6.07) is 12.2. The lowest BCUT2D eigenvalue weighted by molar-refractivity contribution is 0.0942. The third kappa shape index (κ3) is 5.58. The molecule has 2 aromatic carbocycles. The van der Waals surface area contributed by atoms with Gasteiger partial charge in [0.1, 0.15) is 23.9 Å². The SMILES string of the molecule is N=C(/C=C/c1ccc(F)cc1)c1c(N)ccc(C(=O)NCc2ccco2)c1OCCO. The van der Waals surface area contributed by atoms with Gasteiger partial charge in [0, 0.05) is 5.69 Å². The molecule has 160 valence electrons. The summed E-state index contributed by atoms with van der Waals surface area (Å²) in [6.07, 6.45) is 4.61. The summed E-state index contributed by atoms with van der Waals surface area (Å²) in [4.78, 5) is 12.8. The van der Waals surface area contributed by atoms with Gasteiger partial charge in [-0.15, -0.1) is 0 Å². The lowest BCUT2D eigenvalue weighted by atomic mass is 10.0. The maximum atomic E-state index is 13.1. The Morgan fingerprint density at radius 2 is 2.00 bits per heavy atom. The first kappa shape index (κ1) is 21.8. The molecule has 0 atom stereocenters. The highest BCUT2D eigenvalue weighted by atomic mass is 19.1. The molecule has 31 heavy (non-hydrogen) atoms. The number of benzene rings is 2. The lowest BCUT2D eigenvalue weighted by Crippen LogP contribution is -2.24. The number of aliphatic hydroxyl groups excluding tert-OH is 1. The van der Waals surface area contributed by atoms with E-state index in [4.69, 9.17) is 20.3 Å². The molecule has 3 aromatic rings. The molecule has 0 aliphatic heterocycles. The smallest absolute Gasteiger partial charge is 0.255 e. The standard InChI is InChI=1S/C23H22FN3O4/c24-16-6-3-15(4-7-16)5-9-19(25)21-20(26)10-8-18(22(21)31-13-11-28)23(29)27-14-17-2-1-12-30-17/h1-10,12,25,28H,11,13-14,26H2,(H,27,29)/b9-5+,25-19?. The number of nitrogens with two attached hydrogens (primary N) is 1. The van der Waals surface area contributed by atoms with Crippen molar-refractivity contribution in [2.75, 3.05) is 18.9 Å². The van der Waals surface area contributed by atoms with E-state index < -0.39 is 5.91 Å². The predicted octanol–water partition coefficient (Wildman–Crippen LogP) is 3.38. The molecule has 0 saturated heterocycles. The number of carbonyl (C=O) groups excluding carboxylic acids is 1. The van der Waals surface area contributed by atoms with Crippen LogP contribution >= 0.6 is 0 Å². The summed E-state index contributed by atoms with van der Waals surface area (Å²) in [5.41, 5.74) is 7.41. The first-order chi connectivity index (χ1) is 15.0. The van der Waals surface area contributed by atoms with E-state index in [1.807, 2.05) is 0 Å². The average Bonchev–Trinajstić information content (AvgIpc) is 3.29. The number of halogens is 1. The maximum absolute atomic E-state index is 13.1. The second-order valence-electron chi connectivity index (χ2n) is 6.54. The molecule has 0 spiro atoms. The van der Waals surface area contributed by atoms with Gasteiger partial charge in [0.25, 0.3) is 5.91 Å². The van der Waals surface area contributed by atoms with Gasteiger partial charge in [0.15, 0.2) is 0 Å². The van der Waals surface area contributed by atoms with Gasteiger partial charge in [0.05, 0.1) is 36.3 Å². The van der Waals surface area contributed by atoms with Gasteiger partial charge in [-0.05, 0) is 48.0 Å². The fourth-order valence-corrected chi connectivity index (χ4v) is 2.86. The maximum Gasteiger partial charge on any atom is 0.255 e. The Morgan fingerprint density at radius 1 is 1.23 bits per heavy atom. The minimum absolute atomic E-state index is 0.00421. The van der Waals surface area contributed by atoms with Crippen LogP contribution < -0.4 is 15.8 Å². The average molecular weight is 423 g/mol. The van der Waals surface area contributed by atoms with Gasteiger partial charge in [0.2, 0.25) is 0 Å². The predicted molar refractivity (Wildman–Crippen MR) is 116 cm³/mol. The molecular formula is C23H22FN3O4. The lowest BCUT2D eigenvalue weighted by Gasteiger charge is -2.17. The Labute approximate surface area is 178 Å². The van der Waals surface area contributed by atoms with Gasteiger partial charge >= 0.3 is 0 Å². The third-order valence-corrected chi connectivity index (χ3v) is 4.36. The molecule has 1 aromatic heterocycles. The van der Waals surface area contributed by atoms with Crippen LogP contribution in [0.4, 0.5) is 10.1 Å². The molecule has 0 unspecified atom stereocenters. The van der Waals surface area contributed by atoms with E-state index in [0.717, 1.165) is 0 Å². The number of carbonyl (C=O) groups is 1. The van der Waals surface area contributed by atoms with E-state index in [0.29, 0.717) is 11.3 Å². The number of allylic oxidation sites excluding steroid dienone is 1. The van der Waals surface area contributed by atoms with E-state index in [1.54, 1.807) is 30.3 Å². The minimum Gasteiger partial charge on any atom is -0.490 e. The third-order valence-electron chi connectivity index (χ3n) is 4.36. The van der Waals surface area contributed by atoms with Gasteiger partial charge in [-0.25, -0.2) is 4.39 Å². The fourth-order valence-electron chi connectivity index (χ4n) is 2.86. The van der Waals surface area contributed by atoms with Crippen molar-refractivity contribution in [2.24, 2.45) is 0 Å². The second-order valence-corrected chi connectivity index (χ2v) is 6.54. The topological polar surface area (TPSA) is 122 Å². The van der Waals surface area contributed by atoms with Crippen molar-refractivity contribution in [1.82, 2.24) is 5.32 Å². The highest BCUT2D eigenvalue weighted by Crippen LogP contribution is 2.30. The number of hydrogen-bond acceptors (Lipinski definition) is 6. The molecule has 0 fully saturated rings. The Bertz CT molecular complexity index is 1080. The fraction of sp³-hybridized carbons (Fsp3) is 0.130. The zero-order valence-corrected chi connectivity index (χ0v) is 16.6. The molecule has 8 heteroatoms. The van der Waals surface area contributed by atoms with Crippen molar-refractivity contribution >= 4 is 23.4 Å². The summed E-state index contributed by atoms with van der Waals surface area (Å²) in [7, 11) is 0. The van der Waals surface area contributed by atoms with E-state index in [2.05, 4.69) is 5.32 Å². The van der Waals surface area contributed by atoms with Crippen molar-refractivity contribution in [3.8, 4) is 5.75 Å². The summed E-state index contributed by atoms with van der Waals surface area (Å²) in [5.74, 6) is -0.123. The Hall–Kier alpha value is -3.91. The van der Waals surface area contributed by atoms with Crippen molar-refractivity contribution in [3.05, 3.63) is 89.1 Å². The van der Waals surface area contributed by atoms with Crippen molar-refractivity contribution in [2.45, 2.75) is 6.54 Å². The number of furan rings is 1. The van der Waals surface area contributed by atoms with Crippen LogP contribution in [0.2, 0.25) is 0 Å². The molecule has 0 bridgehead atoms. The molecule has 5 N–H and O–H groups in total. The van der Waals surface area contributed by atoms with Gasteiger partial charge in [-0.1, -0.05) is 18.2 Å². The van der Waals surface area contributed by atoms with E-state index >= 15 is 0 Å². The molecule has 1 heterocycles. The van der Waals surface area contributed by atoms with Gasteiger partial charge < -0.3 is 30.7 Å². The molecule has 7 nitrogen and oxygen atoms in total. The van der Waals surface area contributed by atoms with Gasteiger partial charge in [-0.3, -0.25) is 4.79 Å². The highest BCUT2D eigenvalue weighted by Gasteiger charge is 2.21. The summed E-state index contributed by atoms with van der Waals surface area (Å²) >= 11 is 0. The largest absolute Gasteiger partial charge is 0.490 e. The number of aliphatic hydroxyl groups is 1. The van der Waals surface area contributed by atoms with E-state index in [-0.39, 0.29) is 53.9 Å². The molecule has 0 saturated carbocycles. The number of amides is 1. The number of hydrogen-bond donors (Lipinski definition) is 4. The summed E-state index contributed by atoms with van der Waals surface area (Å²) in [5, 5.41) is 20.4. The van der Waals surface area contributed by atoms with Crippen LogP contribution in [0.15, 0.2) is 65.3 Å². The van der Waals surface area contributed by atoms with Crippen LogP contribution in [0.5, 0.6) is 5.75 Å². The number of rotatable bonds is 9. The van der Waals surface area contributed by atoms with Crippen molar-refractivity contribution in [1.29, 1.82) is 5.41 Å². The number of nitrogens with one attached hydrogen (secondary N) is 2. The molecule has 0 radical (unpaired) electrons. The Balaban J connectivity index is 1.90. The molecule has 1 amide bonds. The van der Waals surface area contributed by atoms with E-state index in [1.165, 1.54) is 36.6 Å². The first-order valence-corrected chi connectivity index (χ1v) is 9.49. The summed E-state index contributed by atoms with van der Waals surface area (Å²) in [6.45, 7) is -0.183. The van der Waals surface area contributed by atoms with Crippen LogP contribution in [-0.2, 0) is 6.54 Å². The molecule has 0 aliphatic carbocycles. The minimum atomic E-state index is -0.444. The van der Waals surface area contributed by atoms with Crippen molar-refractivity contribution < 1.29 is 23.4 Å². The quantitative estimate of drug-likeness (QED) is 0.310. The van der Waals surface area contributed by atoms with E-state index in [9.17, 15) is 14.3 Å². The number of anilines is 1. The van der Waals surface area contributed by atoms with Crippen molar-refractivity contribution in [3.63, 3.8) is 0 Å². The van der Waals surface area contributed by atoms with Crippen LogP contribution in [0.25, 0.3) is 6.08 Å². The molecule has 0 aliphatic rings. The van der Waals surface area contributed by atoms with Crippen LogP contribution in [0.3, 0.4) is 0 Å². The highest BCUT2D eigenvalue weighted by molar-refractivity contribution is 6.15. The first-order valence-electron chi connectivity index (χ1n) is 9.49. The monoisotopic (exact) mass is 423 g/mol. The number of ether oxygens (including phenoxy) is 1. The normalized spacial score (nSPS) is 10.9. The molecular weight excluding hydrogens is 401 g/mol. The zero-order chi connectivity index (χ0) is 22.2. The Kier molecular flexibility index (Phi) is 7.18. The summed E-state index contributed by atoms with van der Waals surface area (Å²) < 4.78 is 23.9. The van der Waals surface area contributed by atoms with Gasteiger partial charge in [-0.2, -0.15) is 0 Å². The van der Waals surface area contributed by atoms with Crippen LogP contribution in [0, 0.1) is 11.2 Å². The zero-order valence-electron chi connectivity index (χ0n) is 16.6. The Morgan fingerprint density at radius 3 is 2.68 bits per heavy atom. The van der Waals surface area contributed by atoms with Crippen LogP contribution in [-0.4, -0.2) is 29.9 Å². The second kappa shape index (κ2) is 10.2. The number of nitrogen functional groups attached to an aromatic ring is 1. The molecule has 3 rings (SSSR count). The van der Waals surface area contributed by atoms with Crippen LogP contribution in [0.1, 0.15) is 27.2 Å².